The molecule has 0 radical (unpaired) electrons. The van der Waals surface area contributed by atoms with E-state index >= 15 is 0 Å². The minimum absolute atomic E-state index is 0.157. The summed E-state index contributed by atoms with van der Waals surface area (Å²) in [5, 5.41) is 5.95. The molecule has 4 amide bonds. The van der Waals surface area contributed by atoms with Crippen molar-refractivity contribution in [1.29, 1.82) is 0 Å². The van der Waals surface area contributed by atoms with Crippen LogP contribution in [-0.4, -0.2) is 46.8 Å². The Morgan fingerprint density at radius 2 is 1.84 bits per heavy atom. The lowest BCUT2D eigenvalue weighted by atomic mass is 9.91. The topological polar surface area (TPSA) is 81.8 Å². The van der Waals surface area contributed by atoms with Crippen LogP contribution in [0.1, 0.15) is 55.5 Å². The summed E-state index contributed by atoms with van der Waals surface area (Å²) in [5.41, 5.74) is 4.91. The SMILES string of the molecule is CCN1C(=O)N[C@H](c2ccc(C)cc2C)C2=C1CN([C@@H](CC(C)C)C(=O)NCc1ccc(F)cc1)C2=O. The summed E-state index contributed by atoms with van der Waals surface area (Å²) in [7, 11) is 0. The van der Waals surface area contributed by atoms with Gasteiger partial charge in [0.05, 0.1) is 23.9 Å². The summed E-state index contributed by atoms with van der Waals surface area (Å²) in [6.07, 6.45) is 0.475. The number of carbonyl (C=O) groups excluding carboxylic acids is 3. The average Bonchev–Trinajstić information content (AvgIpc) is 3.18. The average molecular weight is 507 g/mol. The summed E-state index contributed by atoms with van der Waals surface area (Å²) in [6.45, 7) is 10.7. The molecule has 2 aliphatic heterocycles. The van der Waals surface area contributed by atoms with E-state index in [9.17, 15) is 18.8 Å². The Morgan fingerprint density at radius 3 is 2.46 bits per heavy atom. The smallest absolute Gasteiger partial charge is 0.322 e. The number of carbonyl (C=O) groups is 3. The molecule has 0 saturated heterocycles. The number of amides is 4. The lowest BCUT2D eigenvalue weighted by Gasteiger charge is -2.33. The van der Waals surface area contributed by atoms with Gasteiger partial charge < -0.3 is 15.5 Å². The number of halogens is 1. The summed E-state index contributed by atoms with van der Waals surface area (Å²) in [5.74, 6) is -0.684. The highest BCUT2D eigenvalue weighted by Gasteiger charge is 2.47. The van der Waals surface area contributed by atoms with E-state index in [2.05, 4.69) is 10.6 Å². The zero-order valence-electron chi connectivity index (χ0n) is 22.1. The molecular formula is C29H35FN4O3. The molecule has 2 heterocycles. The molecule has 2 aliphatic rings. The number of benzene rings is 2. The second-order valence-corrected chi connectivity index (χ2v) is 10.3. The largest absolute Gasteiger partial charge is 0.350 e. The first-order valence-electron chi connectivity index (χ1n) is 12.8. The van der Waals surface area contributed by atoms with Gasteiger partial charge in [0, 0.05) is 13.1 Å². The number of hydrogen-bond donors (Lipinski definition) is 2. The highest BCUT2D eigenvalue weighted by atomic mass is 19.1. The van der Waals surface area contributed by atoms with Crippen LogP contribution in [0.4, 0.5) is 9.18 Å². The molecule has 2 aromatic carbocycles. The first kappa shape index (κ1) is 26.4. The molecule has 0 aromatic heterocycles. The standard InChI is InChI=1S/C29H35FN4O3/c1-6-33-24-16-34(23(13-17(2)3)27(35)31-15-20-8-10-21(30)11-9-20)28(36)25(24)26(32-29(33)37)22-12-7-18(4)14-19(22)5/h7-12,14,17,23,26H,6,13,15-16H2,1-5H3,(H,31,35)(H,32,37)/t23-,26+/m0/s1. The minimum atomic E-state index is -0.702. The van der Waals surface area contributed by atoms with Gasteiger partial charge in [-0.15, -0.1) is 0 Å². The Bertz CT molecular complexity index is 1240. The molecule has 0 spiro atoms. The molecule has 8 heteroatoms. The molecule has 0 saturated carbocycles. The van der Waals surface area contributed by atoms with Crippen molar-refractivity contribution in [2.45, 2.75) is 59.7 Å². The fraction of sp³-hybridized carbons (Fsp3) is 0.414. The van der Waals surface area contributed by atoms with Crippen LogP contribution in [0.5, 0.6) is 0 Å². The Hall–Kier alpha value is -3.68. The Kier molecular flexibility index (Phi) is 7.66. The molecule has 0 bridgehead atoms. The summed E-state index contributed by atoms with van der Waals surface area (Å²) in [4.78, 5) is 43.6. The molecule has 2 N–H and O–H groups in total. The predicted octanol–water partition coefficient (Wildman–Crippen LogP) is 4.36. The summed E-state index contributed by atoms with van der Waals surface area (Å²) < 4.78 is 13.3. The van der Waals surface area contributed by atoms with Gasteiger partial charge in [0.25, 0.3) is 5.91 Å². The molecule has 4 rings (SSSR count). The third-order valence-electron chi connectivity index (χ3n) is 7.06. The summed E-state index contributed by atoms with van der Waals surface area (Å²) >= 11 is 0. The maximum Gasteiger partial charge on any atom is 0.322 e. The van der Waals surface area contributed by atoms with Crippen molar-refractivity contribution in [1.82, 2.24) is 20.4 Å². The van der Waals surface area contributed by atoms with E-state index in [0.29, 0.717) is 24.2 Å². The van der Waals surface area contributed by atoms with Crippen molar-refractivity contribution >= 4 is 17.8 Å². The maximum absolute atomic E-state index is 14.0. The highest BCUT2D eigenvalue weighted by molar-refractivity contribution is 6.03. The fourth-order valence-electron chi connectivity index (χ4n) is 5.21. The third kappa shape index (κ3) is 5.38. The molecule has 0 fully saturated rings. The monoisotopic (exact) mass is 506 g/mol. The van der Waals surface area contributed by atoms with Crippen molar-refractivity contribution < 1.29 is 18.8 Å². The van der Waals surface area contributed by atoms with Crippen molar-refractivity contribution in [2.24, 2.45) is 5.92 Å². The van der Waals surface area contributed by atoms with Gasteiger partial charge in [0.15, 0.2) is 0 Å². The number of nitrogens with one attached hydrogen (secondary N) is 2. The van der Waals surface area contributed by atoms with E-state index in [1.165, 1.54) is 12.1 Å². The molecular weight excluding hydrogens is 471 g/mol. The van der Waals surface area contributed by atoms with E-state index in [-0.39, 0.29) is 42.7 Å². The van der Waals surface area contributed by atoms with Crippen LogP contribution in [0.15, 0.2) is 53.7 Å². The van der Waals surface area contributed by atoms with Crippen LogP contribution >= 0.6 is 0 Å². The quantitative estimate of drug-likeness (QED) is 0.558. The zero-order valence-corrected chi connectivity index (χ0v) is 22.1. The van der Waals surface area contributed by atoms with Gasteiger partial charge in [-0.05, 0) is 61.9 Å². The van der Waals surface area contributed by atoms with E-state index in [1.54, 1.807) is 21.9 Å². The first-order chi connectivity index (χ1) is 17.6. The van der Waals surface area contributed by atoms with Crippen LogP contribution < -0.4 is 10.6 Å². The van der Waals surface area contributed by atoms with Crippen LogP contribution in [0, 0.1) is 25.6 Å². The molecule has 37 heavy (non-hydrogen) atoms. The number of urea groups is 1. The van der Waals surface area contributed by atoms with E-state index in [0.717, 1.165) is 22.3 Å². The number of rotatable bonds is 8. The molecule has 2 atom stereocenters. The van der Waals surface area contributed by atoms with E-state index in [4.69, 9.17) is 0 Å². The highest BCUT2D eigenvalue weighted by Crippen LogP contribution is 2.38. The van der Waals surface area contributed by atoms with Crippen molar-refractivity contribution in [3.05, 3.63) is 81.8 Å². The fourth-order valence-corrected chi connectivity index (χ4v) is 5.21. The Labute approximate surface area is 217 Å². The molecule has 2 aromatic rings. The van der Waals surface area contributed by atoms with Gasteiger partial charge in [-0.3, -0.25) is 14.5 Å². The third-order valence-corrected chi connectivity index (χ3v) is 7.06. The van der Waals surface area contributed by atoms with Crippen molar-refractivity contribution in [2.75, 3.05) is 13.1 Å². The maximum atomic E-state index is 14.0. The van der Waals surface area contributed by atoms with Gasteiger partial charge in [-0.2, -0.15) is 0 Å². The second-order valence-electron chi connectivity index (χ2n) is 10.3. The molecule has 196 valence electrons. The van der Waals surface area contributed by atoms with Gasteiger partial charge in [0.1, 0.15) is 11.9 Å². The van der Waals surface area contributed by atoms with Gasteiger partial charge in [-0.25, -0.2) is 9.18 Å². The van der Waals surface area contributed by atoms with Gasteiger partial charge in [0.2, 0.25) is 5.91 Å². The normalized spacial score (nSPS) is 18.3. The number of aryl methyl sites for hydroxylation is 2. The van der Waals surface area contributed by atoms with Crippen molar-refractivity contribution in [3.63, 3.8) is 0 Å². The second kappa shape index (κ2) is 10.7. The minimum Gasteiger partial charge on any atom is -0.350 e. The first-order valence-corrected chi connectivity index (χ1v) is 12.8. The van der Waals surface area contributed by atoms with Crippen LogP contribution in [0.3, 0.4) is 0 Å². The van der Waals surface area contributed by atoms with Gasteiger partial charge in [-0.1, -0.05) is 49.7 Å². The number of nitrogens with zero attached hydrogens (tertiary/aromatic N) is 2. The Morgan fingerprint density at radius 1 is 1.14 bits per heavy atom. The summed E-state index contributed by atoms with van der Waals surface area (Å²) in [6, 6.07) is 10.4. The van der Waals surface area contributed by atoms with Crippen LogP contribution in [0.25, 0.3) is 0 Å². The molecule has 7 nitrogen and oxygen atoms in total. The molecule has 0 unspecified atom stereocenters. The van der Waals surface area contributed by atoms with E-state index in [1.807, 2.05) is 52.8 Å². The number of hydrogen-bond acceptors (Lipinski definition) is 3. The van der Waals surface area contributed by atoms with Crippen molar-refractivity contribution in [3.8, 4) is 0 Å². The lowest BCUT2D eigenvalue weighted by Crippen LogP contribution is -2.49. The lowest BCUT2D eigenvalue weighted by molar-refractivity contribution is -0.137. The van der Waals surface area contributed by atoms with Crippen LogP contribution in [-0.2, 0) is 16.1 Å². The molecule has 0 aliphatic carbocycles. The zero-order chi connectivity index (χ0) is 26.9. The predicted molar refractivity (Wildman–Crippen MR) is 140 cm³/mol. The van der Waals surface area contributed by atoms with Gasteiger partial charge >= 0.3 is 6.03 Å². The van der Waals surface area contributed by atoms with Crippen LogP contribution in [0.2, 0.25) is 0 Å². The number of likely N-dealkylation sites (N-methyl/N-ethyl adjacent to an activating group) is 1. The van der Waals surface area contributed by atoms with E-state index < -0.39 is 12.1 Å². The Balaban J connectivity index is 1.64.